The van der Waals surface area contributed by atoms with Crippen molar-refractivity contribution in [2.24, 2.45) is 0 Å². The van der Waals surface area contributed by atoms with Gasteiger partial charge in [-0.15, -0.1) is 0 Å². The number of nitrogens with one attached hydrogen (secondary N) is 2. The van der Waals surface area contributed by atoms with Crippen LogP contribution in [0.4, 0.5) is 26.1 Å². The molecule has 0 bridgehead atoms. The van der Waals surface area contributed by atoms with E-state index in [0.717, 1.165) is 0 Å². The molecule has 2 aromatic rings. The maximum atomic E-state index is 13.5. The minimum Gasteiger partial charge on any atom is -0.370 e. The Kier molecular flexibility index (Phi) is 3.89. The van der Waals surface area contributed by atoms with Crippen LogP contribution in [0.5, 0.6) is 0 Å². The van der Waals surface area contributed by atoms with E-state index in [4.69, 9.17) is 0 Å². The molecule has 0 aliphatic rings. The van der Waals surface area contributed by atoms with Gasteiger partial charge in [0, 0.05) is 12.6 Å². The zero-order valence-electron chi connectivity index (χ0n) is 10.7. The fourth-order valence-corrected chi connectivity index (χ4v) is 1.65. The number of hydrogen-bond donors (Lipinski definition) is 2. The topological polar surface area (TPSA) is 49.8 Å². The Morgan fingerprint density at radius 1 is 1.11 bits per heavy atom. The predicted molar refractivity (Wildman–Crippen MR) is 70.6 cm³/mol. The van der Waals surface area contributed by atoms with Gasteiger partial charge in [-0.2, -0.15) is 0 Å². The number of benzene rings is 1. The van der Waals surface area contributed by atoms with Crippen molar-refractivity contribution in [2.45, 2.75) is 13.8 Å². The molecule has 0 aliphatic carbocycles. The first-order valence-corrected chi connectivity index (χ1v) is 5.90. The second-order valence-corrected chi connectivity index (χ2v) is 3.94. The van der Waals surface area contributed by atoms with Crippen LogP contribution in [0.1, 0.15) is 12.7 Å². The molecule has 0 saturated heterocycles. The second-order valence-electron chi connectivity index (χ2n) is 3.94. The minimum atomic E-state index is -0.665. The number of hydrogen-bond acceptors (Lipinski definition) is 4. The Balaban J connectivity index is 2.33. The summed E-state index contributed by atoms with van der Waals surface area (Å²) in [6.07, 6.45) is 0. The van der Waals surface area contributed by atoms with Gasteiger partial charge in [0.2, 0.25) is 0 Å². The SMILES string of the molecule is CCNc1cc(Nc2c(F)cccc2F)nc(C)n1. The second kappa shape index (κ2) is 5.60. The van der Waals surface area contributed by atoms with Crippen molar-refractivity contribution in [1.29, 1.82) is 0 Å². The average molecular weight is 264 g/mol. The quantitative estimate of drug-likeness (QED) is 0.890. The van der Waals surface area contributed by atoms with E-state index in [-0.39, 0.29) is 5.69 Å². The molecule has 1 aromatic heterocycles. The summed E-state index contributed by atoms with van der Waals surface area (Å²) in [5.41, 5.74) is -0.219. The summed E-state index contributed by atoms with van der Waals surface area (Å²) in [5.74, 6) is 0.127. The van der Waals surface area contributed by atoms with Crippen LogP contribution in [0.15, 0.2) is 24.3 Å². The summed E-state index contributed by atoms with van der Waals surface area (Å²) >= 11 is 0. The number of para-hydroxylation sites is 1. The number of rotatable bonds is 4. The third-order valence-corrected chi connectivity index (χ3v) is 2.41. The number of aromatic nitrogens is 2. The highest BCUT2D eigenvalue weighted by Gasteiger charge is 2.10. The molecular weight excluding hydrogens is 250 g/mol. The molecule has 0 radical (unpaired) electrons. The van der Waals surface area contributed by atoms with E-state index in [0.29, 0.717) is 24.0 Å². The molecule has 4 nitrogen and oxygen atoms in total. The number of halogens is 2. The van der Waals surface area contributed by atoms with Gasteiger partial charge in [-0.3, -0.25) is 0 Å². The Morgan fingerprint density at radius 2 is 1.74 bits per heavy atom. The first kappa shape index (κ1) is 13.2. The van der Waals surface area contributed by atoms with Crippen LogP contribution in [0.3, 0.4) is 0 Å². The summed E-state index contributed by atoms with van der Waals surface area (Å²) in [6, 6.07) is 5.28. The predicted octanol–water partition coefficient (Wildman–Crippen LogP) is 3.24. The third-order valence-electron chi connectivity index (χ3n) is 2.41. The fraction of sp³-hybridized carbons (Fsp3) is 0.231. The van der Waals surface area contributed by atoms with E-state index in [2.05, 4.69) is 20.6 Å². The van der Waals surface area contributed by atoms with Crippen molar-refractivity contribution < 1.29 is 8.78 Å². The van der Waals surface area contributed by atoms with Gasteiger partial charge in [0.25, 0.3) is 0 Å². The number of aryl methyl sites for hydroxylation is 1. The van der Waals surface area contributed by atoms with Crippen LogP contribution in [-0.4, -0.2) is 16.5 Å². The molecule has 0 spiro atoms. The van der Waals surface area contributed by atoms with Gasteiger partial charge in [0.15, 0.2) is 0 Å². The lowest BCUT2D eigenvalue weighted by atomic mass is 10.3. The van der Waals surface area contributed by atoms with E-state index >= 15 is 0 Å². The summed E-state index contributed by atoms with van der Waals surface area (Å²) < 4.78 is 27.0. The van der Waals surface area contributed by atoms with Crippen LogP contribution in [0.2, 0.25) is 0 Å². The normalized spacial score (nSPS) is 10.3. The van der Waals surface area contributed by atoms with Gasteiger partial charge >= 0.3 is 0 Å². The van der Waals surface area contributed by atoms with Crippen LogP contribution >= 0.6 is 0 Å². The summed E-state index contributed by atoms with van der Waals surface area (Å²) in [4.78, 5) is 8.26. The highest BCUT2D eigenvalue weighted by atomic mass is 19.1. The molecule has 0 unspecified atom stereocenters. The molecule has 2 N–H and O–H groups in total. The molecule has 19 heavy (non-hydrogen) atoms. The van der Waals surface area contributed by atoms with Crippen molar-refractivity contribution in [2.75, 3.05) is 17.2 Å². The number of nitrogens with zero attached hydrogens (tertiary/aromatic N) is 2. The van der Waals surface area contributed by atoms with Crippen LogP contribution < -0.4 is 10.6 Å². The average Bonchev–Trinajstić information content (AvgIpc) is 2.34. The van der Waals surface area contributed by atoms with Crippen LogP contribution in [-0.2, 0) is 0 Å². The van der Waals surface area contributed by atoms with Gasteiger partial charge < -0.3 is 10.6 Å². The lowest BCUT2D eigenvalue weighted by molar-refractivity contribution is 0.590. The smallest absolute Gasteiger partial charge is 0.149 e. The summed E-state index contributed by atoms with van der Waals surface area (Å²) in [7, 11) is 0. The van der Waals surface area contributed by atoms with E-state index < -0.39 is 11.6 Å². The molecule has 0 fully saturated rings. The van der Waals surface area contributed by atoms with E-state index in [9.17, 15) is 8.78 Å². The van der Waals surface area contributed by atoms with E-state index in [1.807, 2.05) is 6.92 Å². The van der Waals surface area contributed by atoms with Crippen molar-refractivity contribution in [3.05, 3.63) is 41.7 Å². The van der Waals surface area contributed by atoms with Crippen molar-refractivity contribution in [3.63, 3.8) is 0 Å². The molecule has 0 aliphatic heterocycles. The number of anilines is 3. The molecule has 6 heteroatoms. The molecule has 100 valence electrons. The summed E-state index contributed by atoms with van der Waals surface area (Å²) in [5, 5.41) is 5.66. The molecule has 0 saturated carbocycles. The van der Waals surface area contributed by atoms with Gasteiger partial charge in [-0.05, 0) is 26.0 Å². The zero-order valence-corrected chi connectivity index (χ0v) is 10.7. The van der Waals surface area contributed by atoms with Crippen LogP contribution in [0.25, 0.3) is 0 Å². The molecule has 0 amide bonds. The Morgan fingerprint density at radius 3 is 2.37 bits per heavy atom. The fourth-order valence-electron chi connectivity index (χ4n) is 1.65. The Hall–Kier alpha value is -2.24. The van der Waals surface area contributed by atoms with Crippen molar-refractivity contribution in [3.8, 4) is 0 Å². The first-order chi connectivity index (χ1) is 9.10. The Labute approximate surface area is 109 Å². The monoisotopic (exact) mass is 264 g/mol. The Bertz CT molecular complexity index is 567. The largest absolute Gasteiger partial charge is 0.370 e. The molecule has 1 heterocycles. The van der Waals surface area contributed by atoms with Crippen molar-refractivity contribution >= 4 is 17.3 Å². The highest BCUT2D eigenvalue weighted by molar-refractivity contribution is 5.60. The van der Waals surface area contributed by atoms with E-state index in [1.54, 1.807) is 13.0 Å². The van der Waals surface area contributed by atoms with Gasteiger partial charge in [0.05, 0.1) is 0 Å². The maximum Gasteiger partial charge on any atom is 0.149 e. The van der Waals surface area contributed by atoms with Crippen LogP contribution in [0, 0.1) is 18.6 Å². The zero-order chi connectivity index (χ0) is 13.8. The molecule has 2 rings (SSSR count). The first-order valence-electron chi connectivity index (χ1n) is 5.90. The van der Waals surface area contributed by atoms with Gasteiger partial charge in [0.1, 0.15) is 34.8 Å². The molecular formula is C13H14F2N4. The minimum absolute atomic E-state index is 0.219. The molecule has 0 atom stereocenters. The maximum absolute atomic E-state index is 13.5. The molecule has 1 aromatic carbocycles. The lowest BCUT2D eigenvalue weighted by Gasteiger charge is -2.10. The summed E-state index contributed by atoms with van der Waals surface area (Å²) in [6.45, 7) is 4.34. The standard InChI is InChI=1S/C13H14F2N4/c1-3-16-11-7-12(18-8(2)17-11)19-13-9(14)5-4-6-10(13)15/h4-7H,3H2,1-2H3,(H2,16,17,18,19). The van der Waals surface area contributed by atoms with Gasteiger partial charge in [-0.1, -0.05) is 6.07 Å². The third kappa shape index (κ3) is 3.15. The van der Waals surface area contributed by atoms with Crippen molar-refractivity contribution in [1.82, 2.24) is 9.97 Å². The highest BCUT2D eigenvalue weighted by Crippen LogP contribution is 2.23. The van der Waals surface area contributed by atoms with E-state index in [1.165, 1.54) is 18.2 Å². The lowest BCUT2D eigenvalue weighted by Crippen LogP contribution is -2.05. The van der Waals surface area contributed by atoms with Gasteiger partial charge in [-0.25, -0.2) is 18.7 Å².